The number of aliphatic hydroxyl groups excluding tert-OH is 1. The molecule has 0 amide bonds. The fourth-order valence-electron chi connectivity index (χ4n) is 5.08. The molecule has 2 unspecified atom stereocenters. The van der Waals surface area contributed by atoms with Crippen molar-refractivity contribution in [2.75, 3.05) is 13.2 Å². The average Bonchev–Trinajstić information content (AvgIpc) is 3.26. The summed E-state index contributed by atoms with van der Waals surface area (Å²) >= 11 is 0. The van der Waals surface area contributed by atoms with Crippen LogP contribution in [0.1, 0.15) is 50.5 Å². The molecule has 1 N–H and O–H groups in total. The van der Waals surface area contributed by atoms with Crippen LogP contribution in [-0.2, 0) is 20.4 Å². The minimum absolute atomic E-state index is 0.00798. The number of aliphatic hydroxyl groups is 1. The summed E-state index contributed by atoms with van der Waals surface area (Å²) in [4.78, 5) is 0. The van der Waals surface area contributed by atoms with Crippen molar-refractivity contribution in [2.24, 2.45) is 11.8 Å². The number of hydrogen-bond donors (Lipinski definition) is 1. The molecule has 180 valence electrons. The molecule has 7 atom stereocenters. The van der Waals surface area contributed by atoms with Crippen LogP contribution in [0.4, 0.5) is 17.6 Å². The van der Waals surface area contributed by atoms with Gasteiger partial charge >= 0.3 is 6.18 Å². The minimum atomic E-state index is -4.47. The van der Waals surface area contributed by atoms with Gasteiger partial charge in [-0.25, -0.2) is 4.39 Å². The Morgan fingerprint density at radius 3 is 2.78 bits per heavy atom. The van der Waals surface area contributed by atoms with E-state index in [0.29, 0.717) is 25.9 Å². The van der Waals surface area contributed by atoms with Crippen molar-refractivity contribution in [1.29, 1.82) is 0 Å². The third-order valence-corrected chi connectivity index (χ3v) is 6.65. The number of alkyl halides is 4. The Labute approximate surface area is 185 Å². The van der Waals surface area contributed by atoms with Crippen LogP contribution in [0.2, 0.25) is 0 Å². The highest BCUT2D eigenvalue weighted by Gasteiger charge is 2.50. The molecule has 1 aromatic carbocycles. The van der Waals surface area contributed by atoms with E-state index < -0.39 is 24.2 Å². The van der Waals surface area contributed by atoms with E-state index in [4.69, 9.17) is 18.9 Å². The summed E-state index contributed by atoms with van der Waals surface area (Å²) < 4.78 is 75.8. The molecular weight excluding hydrogens is 432 g/mol. The van der Waals surface area contributed by atoms with Gasteiger partial charge in [-0.1, -0.05) is 6.07 Å². The molecule has 1 aliphatic carbocycles. The number of hydrogen-bond acceptors (Lipinski definition) is 5. The molecule has 0 bridgehead atoms. The second-order valence-corrected chi connectivity index (χ2v) is 8.91. The SMILES string of the molecule is OC1C[C@@H]2[C@@H](CC[C@@H](F)COc3cccc(C(F)(F)F)c3)[C@H](OC3CCCCO3)C[C@@H]2O1. The Hall–Kier alpha value is -1.42. The highest BCUT2D eigenvalue weighted by Crippen LogP contribution is 2.47. The van der Waals surface area contributed by atoms with Crippen molar-refractivity contribution < 1.29 is 41.6 Å². The standard InChI is InChI=1S/C23H30F4O5/c24-15(13-30-16-5-3-4-14(10-16)23(25,26)27)7-8-17-18-11-21(28)31-20(18)12-19(17)32-22-6-1-2-9-29-22/h3-5,10,15,17-22,28H,1-2,6-9,11-13H2/t15-,17-,18-,19-,20+,21?,22?/m1/s1. The Kier molecular flexibility index (Phi) is 7.59. The smallest absolute Gasteiger partial charge is 0.416 e. The predicted octanol–water partition coefficient (Wildman–Crippen LogP) is 4.86. The summed E-state index contributed by atoms with van der Waals surface area (Å²) in [6, 6.07) is 4.45. The summed E-state index contributed by atoms with van der Waals surface area (Å²) in [5.74, 6) is 0.107. The van der Waals surface area contributed by atoms with Crippen LogP contribution in [-0.4, -0.2) is 49.3 Å². The lowest BCUT2D eigenvalue weighted by Gasteiger charge is -2.30. The van der Waals surface area contributed by atoms with E-state index in [1.807, 2.05) is 0 Å². The second kappa shape index (κ2) is 10.2. The molecule has 4 rings (SSSR count). The van der Waals surface area contributed by atoms with Gasteiger partial charge in [-0.2, -0.15) is 13.2 Å². The van der Waals surface area contributed by atoms with Gasteiger partial charge in [0.25, 0.3) is 0 Å². The molecule has 1 saturated carbocycles. The molecule has 2 saturated heterocycles. The quantitative estimate of drug-likeness (QED) is 0.560. The first-order valence-corrected chi connectivity index (χ1v) is 11.3. The summed E-state index contributed by atoms with van der Waals surface area (Å²) in [6.45, 7) is 0.349. The molecule has 0 radical (unpaired) electrons. The molecule has 0 spiro atoms. The summed E-state index contributed by atoms with van der Waals surface area (Å²) in [5, 5.41) is 9.87. The predicted molar refractivity (Wildman–Crippen MR) is 107 cm³/mol. The summed E-state index contributed by atoms with van der Waals surface area (Å²) in [6.07, 6.45) is -2.36. The number of fused-ring (bicyclic) bond motifs is 1. The maximum absolute atomic E-state index is 14.6. The Morgan fingerprint density at radius 1 is 1.19 bits per heavy atom. The van der Waals surface area contributed by atoms with Gasteiger partial charge < -0.3 is 24.1 Å². The van der Waals surface area contributed by atoms with Gasteiger partial charge in [0.1, 0.15) is 18.5 Å². The summed E-state index contributed by atoms with van der Waals surface area (Å²) in [5.41, 5.74) is -0.827. The molecule has 32 heavy (non-hydrogen) atoms. The Morgan fingerprint density at radius 2 is 2.03 bits per heavy atom. The zero-order valence-electron chi connectivity index (χ0n) is 17.8. The van der Waals surface area contributed by atoms with Gasteiger partial charge in [-0.3, -0.25) is 0 Å². The Bertz CT molecular complexity index is 739. The molecule has 5 nitrogen and oxygen atoms in total. The molecule has 1 aromatic rings. The molecule has 3 aliphatic rings. The zero-order valence-corrected chi connectivity index (χ0v) is 17.8. The van der Waals surface area contributed by atoms with Gasteiger partial charge in [0.05, 0.1) is 17.8 Å². The van der Waals surface area contributed by atoms with Gasteiger partial charge in [0.2, 0.25) is 0 Å². The maximum atomic E-state index is 14.6. The second-order valence-electron chi connectivity index (χ2n) is 8.91. The van der Waals surface area contributed by atoms with Crippen LogP contribution in [0, 0.1) is 11.8 Å². The van der Waals surface area contributed by atoms with E-state index in [2.05, 4.69) is 0 Å². The lowest BCUT2D eigenvalue weighted by atomic mass is 9.87. The van der Waals surface area contributed by atoms with Crippen molar-refractivity contribution >= 4 is 0 Å². The molecule has 2 heterocycles. The van der Waals surface area contributed by atoms with Gasteiger partial charge in [-0.15, -0.1) is 0 Å². The zero-order chi connectivity index (χ0) is 22.7. The van der Waals surface area contributed by atoms with Crippen LogP contribution in [0.3, 0.4) is 0 Å². The van der Waals surface area contributed by atoms with E-state index in [1.54, 1.807) is 0 Å². The molecule has 3 fully saturated rings. The lowest BCUT2D eigenvalue weighted by molar-refractivity contribution is -0.200. The summed E-state index contributed by atoms with van der Waals surface area (Å²) in [7, 11) is 0. The van der Waals surface area contributed by atoms with Crippen molar-refractivity contribution in [3.63, 3.8) is 0 Å². The van der Waals surface area contributed by atoms with E-state index >= 15 is 0 Å². The van der Waals surface area contributed by atoms with Crippen LogP contribution in [0.25, 0.3) is 0 Å². The third kappa shape index (κ3) is 5.92. The average molecular weight is 462 g/mol. The highest BCUT2D eigenvalue weighted by atomic mass is 19.4. The minimum Gasteiger partial charge on any atom is -0.491 e. The van der Waals surface area contributed by atoms with Gasteiger partial charge in [0.15, 0.2) is 12.6 Å². The van der Waals surface area contributed by atoms with Crippen LogP contribution in [0.15, 0.2) is 24.3 Å². The monoisotopic (exact) mass is 462 g/mol. The number of rotatable bonds is 8. The first-order valence-electron chi connectivity index (χ1n) is 11.3. The van der Waals surface area contributed by atoms with Crippen LogP contribution < -0.4 is 4.74 Å². The topological polar surface area (TPSA) is 57.2 Å². The number of halogens is 4. The maximum Gasteiger partial charge on any atom is 0.416 e. The molecule has 0 aromatic heterocycles. The largest absolute Gasteiger partial charge is 0.491 e. The fraction of sp³-hybridized carbons (Fsp3) is 0.739. The highest BCUT2D eigenvalue weighted by molar-refractivity contribution is 5.30. The normalized spacial score (nSPS) is 33.8. The van der Waals surface area contributed by atoms with Gasteiger partial charge in [0, 0.05) is 19.4 Å². The lowest BCUT2D eigenvalue weighted by Crippen LogP contribution is -2.32. The van der Waals surface area contributed by atoms with Crippen molar-refractivity contribution in [3.05, 3.63) is 29.8 Å². The first-order chi connectivity index (χ1) is 15.3. The molecular formula is C23H30F4O5. The number of ether oxygens (including phenoxy) is 4. The van der Waals surface area contributed by atoms with Crippen LogP contribution in [0.5, 0.6) is 5.75 Å². The van der Waals surface area contributed by atoms with E-state index in [-0.39, 0.29) is 49.1 Å². The van der Waals surface area contributed by atoms with E-state index in [0.717, 1.165) is 31.4 Å². The van der Waals surface area contributed by atoms with E-state index in [9.17, 15) is 22.7 Å². The van der Waals surface area contributed by atoms with E-state index in [1.165, 1.54) is 12.1 Å². The van der Waals surface area contributed by atoms with Gasteiger partial charge in [-0.05, 0) is 62.1 Å². The van der Waals surface area contributed by atoms with Crippen molar-refractivity contribution in [3.8, 4) is 5.75 Å². The molecule has 2 aliphatic heterocycles. The van der Waals surface area contributed by atoms with Crippen molar-refractivity contribution in [2.45, 2.75) is 82.1 Å². The van der Waals surface area contributed by atoms with Crippen LogP contribution >= 0.6 is 0 Å². The third-order valence-electron chi connectivity index (χ3n) is 6.65. The first kappa shape index (κ1) is 23.7. The van der Waals surface area contributed by atoms with Crippen molar-refractivity contribution in [1.82, 2.24) is 0 Å². The fourth-order valence-corrected chi connectivity index (χ4v) is 5.08. The Balaban J connectivity index is 1.30. The molecule has 9 heteroatoms. The number of benzene rings is 1.